The molecule has 4 heteroatoms. The predicted octanol–water partition coefficient (Wildman–Crippen LogP) is 6.57. The Morgan fingerprint density at radius 2 is 1.45 bits per heavy atom. The Morgan fingerprint density at radius 1 is 0.828 bits per heavy atom. The maximum Gasteiger partial charge on any atom is 0.338 e. The molecule has 0 bridgehead atoms. The average Bonchev–Trinajstić information content (AvgIpc) is 2.72. The fourth-order valence-corrected chi connectivity index (χ4v) is 3.11. The van der Waals surface area contributed by atoms with Crippen molar-refractivity contribution in [3.05, 3.63) is 54.1 Å². The number of hydrogen-bond donors (Lipinski definition) is 0. The quantitative estimate of drug-likeness (QED) is 0.245. The maximum absolute atomic E-state index is 12.2. The second-order valence-electron chi connectivity index (χ2n) is 7.39. The first-order valence-electron chi connectivity index (χ1n) is 10.7. The number of hydrogen-bond acceptors (Lipinski definition) is 4. The summed E-state index contributed by atoms with van der Waals surface area (Å²) in [6.07, 6.45) is 6.46. The molecule has 0 aliphatic carbocycles. The highest BCUT2D eigenvalue weighted by Crippen LogP contribution is 2.23. The minimum Gasteiger partial charge on any atom is -0.459 e. The third-order valence-electron chi connectivity index (χ3n) is 4.78. The first-order valence-corrected chi connectivity index (χ1v) is 10.7. The van der Waals surface area contributed by atoms with E-state index < -0.39 is 0 Å². The lowest BCUT2D eigenvalue weighted by Crippen LogP contribution is -2.14. The highest BCUT2D eigenvalue weighted by molar-refractivity contribution is 5.90. The Kier molecular flexibility index (Phi) is 9.42. The zero-order valence-corrected chi connectivity index (χ0v) is 17.8. The minimum absolute atomic E-state index is 0.0749. The number of unbranched alkanes of at least 4 members (excludes halogenated alkanes) is 3. The van der Waals surface area contributed by atoms with Crippen LogP contribution in [0.3, 0.4) is 0 Å². The van der Waals surface area contributed by atoms with E-state index in [0.717, 1.165) is 49.7 Å². The Bertz CT molecular complexity index is 762. The molecular weight excluding hydrogens is 364 g/mol. The molecule has 0 fully saturated rings. The van der Waals surface area contributed by atoms with Gasteiger partial charge in [-0.1, -0.05) is 63.8 Å². The highest BCUT2D eigenvalue weighted by Gasteiger charge is 2.12. The monoisotopic (exact) mass is 396 g/mol. The fraction of sp³-hybridized carbons (Fsp3) is 0.440. The van der Waals surface area contributed by atoms with Crippen LogP contribution in [0.5, 0.6) is 5.75 Å². The molecule has 1 unspecified atom stereocenters. The Balaban J connectivity index is 1.91. The lowest BCUT2D eigenvalue weighted by Gasteiger charge is -2.12. The van der Waals surface area contributed by atoms with Gasteiger partial charge in [0.05, 0.1) is 11.7 Å². The number of benzene rings is 2. The number of esters is 2. The van der Waals surface area contributed by atoms with Crippen LogP contribution in [0.4, 0.5) is 0 Å². The van der Waals surface area contributed by atoms with Crippen LogP contribution in [-0.2, 0) is 9.53 Å². The van der Waals surface area contributed by atoms with Crippen LogP contribution in [0, 0.1) is 0 Å². The van der Waals surface area contributed by atoms with Gasteiger partial charge in [-0.3, -0.25) is 4.79 Å². The molecule has 2 aromatic rings. The molecule has 0 aliphatic rings. The van der Waals surface area contributed by atoms with Gasteiger partial charge in [0, 0.05) is 6.42 Å². The Morgan fingerprint density at radius 3 is 2.03 bits per heavy atom. The zero-order valence-electron chi connectivity index (χ0n) is 17.8. The first-order chi connectivity index (χ1) is 14.0. The highest BCUT2D eigenvalue weighted by atomic mass is 16.5. The summed E-state index contributed by atoms with van der Waals surface area (Å²) in [5.74, 6) is 0.0760. The SMILES string of the molecule is CCCCCCC(=O)Oc1ccc(-c2ccc(C(=O)OC(C)CCC)cc2)cc1. The molecule has 0 spiro atoms. The van der Waals surface area contributed by atoms with Crippen LogP contribution in [0.1, 0.15) is 76.1 Å². The van der Waals surface area contributed by atoms with Crippen molar-refractivity contribution in [2.75, 3.05) is 0 Å². The van der Waals surface area contributed by atoms with Gasteiger partial charge in [0.25, 0.3) is 0 Å². The number of rotatable bonds is 11. The van der Waals surface area contributed by atoms with Gasteiger partial charge in [0.2, 0.25) is 0 Å². The number of ether oxygens (including phenoxy) is 2. The van der Waals surface area contributed by atoms with Crippen LogP contribution in [0.2, 0.25) is 0 Å². The molecule has 2 rings (SSSR count). The van der Waals surface area contributed by atoms with Crippen LogP contribution < -0.4 is 4.74 Å². The maximum atomic E-state index is 12.2. The van der Waals surface area contributed by atoms with E-state index in [1.165, 1.54) is 0 Å². The van der Waals surface area contributed by atoms with Crippen LogP contribution in [0.15, 0.2) is 48.5 Å². The van der Waals surface area contributed by atoms with Crippen molar-refractivity contribution in [3.63, 3.8) is 0 Å². The molecule has 0 saturated carbocycles. The molecule has 156 valence electrons. The van der Waals surface area contributed by atoms with Crippen LogP contribution in [-0.4, -0.2) is 18.0 Å². The van der Waals surface area contributed by atoms with Gasteiger partial charge >= 0.3 is 11.9 Å². The van der Waals surface area contributed by atoms with Gasteiger partial charge in [-0.05, 0) is 55.2 Å². The fourth-order valence-electron chi connectivity index (χ4n) is 3.11. The lowest BCUT2D eigenvalue weighted by molar-refractivity contribution is -0.134. The summed E-state index contributed by atoms with van der Waals surface area (Å²) in [4.78, 5) is 24.0. The minimum atomic E-state index is -0.293. The van der Waals surface area contributed by atoms with Gasteiger partial charge in [-0.2, -0.15) is 0 Å². The first kappa shape index (κ1) is 22.7. The van der Waals surface area contributed by atoms with Crippen molar-refractivity contribution in [1.82, 2.24) is 0 Å². The summed E-state index contributed by atoms with van der Waals surface area (Å²) in [5, 5.41) is 0. The largest absolute Gasteiger partial charge is 0.459 e. The van der Waals surface area contributed by atoms with Crippen LogP contribution >= 0.6 is 0 Å². The van der Waals surface area contributed by atoms with E-state index in [1.807, 2.05) is 31.2 Å². The molecule has 1 atom stereocenters. The van der Waals surface area contributed by atoms with Gasteiger partial charge < -0.3 is 9.47 Å². The third-order valence-corrected chi connectivity index (χ3v) is 4.78. The molecule has 0 heterocycles. The average molecular weight is 397 g/mol. The van der Waals surface area contributed by atoms with Crippen molar-refractivity contribution in [3.8, 4) is 16.9 Å². The molecule has 0 saturated heterocycles. The third kappa shape index (κ3) is 7.72. The van der Waals surface area contributed by atoms with Crippen molar-refractivity contribution in [2.45, 2.75) is 71.8 Å². The molecule has 0 aliphatic heterocycles. The molecular formula is C25H32O4. The Hall–Kier alpha value is -2.62. The van der Waals surface area contributed by atoms with E-state index in [4.69, 9.17) is 9.47 Å². The van der Waals surface area contributed by atoms with E-state index in [9.17, 15) is 9.59 Å². The smallest absolute Gasteiger partial charge is 0.338 e. The van der Waals surface area contributed by atoms with Gasteiger partial charge in [0.15, 0.2) is 0 Å². The van der Waals surface area contributed by atoms with Crippen molar-refractivity contribution < 1.29 is 19.1 Å². The second kappa shape index (κ2) is 12.1. The van der Waals surface area contributed by atoms with Crippen molar-refractivity contribution in [2.24, 2.45) is 0 Å². The molecule has 0 aromatic heterocycles. The van der Waals surface area contributed by atoms with Gasteiger partial charge in [0.1, 0.15) is 5.75 Å². The molecule has 2 aromatic carbocycles. The van der Waals surface area contributed by atoms with Gasteiger partial charge in [-0.15, -0.1) is 0 Å². The summed E-state index contributed by atoms with van der Waals surface area (Å²) in [5.41, 5.74) is 2.53. The summed E-state index contributed by atoms with van der Waals surface area (Å²) < 4.78 is 10.8. The van der Waals surface area contributed by atoms with E-state index in [0.29, 0.717) is 17.7 Å². The van der Waals surface area contributed by atoms with E-state index in [1.54, 1.807) is 24.3 Å². The normalized spacial score (nSPS) is 11.7. The summed E-state index contributed by atoms with van der Waals surface area (Å²) in [7, 11) is 0. The van der Waals surface area contributed by atoms with Crippen molar-refractivity contribution in [1.29, 1.82) is 0 Å². The molecule has 4 nitrogen and oxygen atoms in total. The standard InChI is InChI=1S/C25H32O4/c1-4-6-7-8-10-24(26)29-23-17-15-21(16-18-23)20-11-13-22(14-12-20)25(27)28-19(3)9-5-2/h11-19H,4-10H2,1-3H3. The molecule has 0 amide bonds. The van der Waals surface area contributed by atoms with Crippen molar-refractivity contribution >= 4 is 11.9 Å². The summed E-state index contributed by atoms with van der Waals surface area (Å²) in [6, 6.07) is 14.8. The molecule has 0 radical (unpaired) electrons. The number of carbonyl (C=O) groups excluding carboxylic acids is 2. The summed E-state index contributed by atoms with van der Waals surface area (Å²) >= 11 is 0. The number of carbonyl (C=O) groups is 2. The van der Waals surface area contributed by atoms with E-state index in [2.05, 4.69) is 13.8 Å². The Labute approximate surface area is 174 Å². The van der Waals surface area contributed by atoms with Crippen LogP contribution in [0.25, 0.3) is 11.1 Å². The molecule has 29 heavy (non-hydrogen) atoms. The second-order valence-corrected chi connectivity index (χ2v) is 7.39. The topological polar surface area (TPSA) is 52.6 Å². The van der Waals surface area contributed by atoms with E-state index >= 15 is 0 Å². The van der Waals surface area contributed by atoms with E-state index in [-0.39, 0.29) is 18.0 Å². The lowest BCUT2D eigenvalue weighted by atomic mass is 10.0. The summed E-state index contributed by atoms with van der Waals surface area (Å²) in [6.45, 7) is 6.13. The zero-order chi connectivity index (χ0) is 21.1. The van der Waals surface area contributed by atoms with Gasteiger partial charge in [-0.25, -0.2) is 4.79 Å². The predicted molar refractivity (Wildman–Crippen MR) is 116 cm³/mol. The molecule has 0 N–H and O–H groups in total.